The minimum atomic E-state index is 0.0763. The maximum absolute atomic E-state index is 11.9. The topological polar surface area (TPSA) is 58.4 Å². The van der Waals surface area contributed by atoms with Crippen LogP contribution in [0.15, 0.2) is 24.3 Å². The molecule has 1 fully saturated rings. The second kappa shape index (κ2) is 7.62. The largest absolute Gasteiger partial charge is 0.355 e. The van der Waals surface area contributed by atoms with Crippen LogP contribution in [0.25, 0.3) is 0 Å². The molecule has 1 aromatic carbocycles. The fourth-order valence-electron chi connectivity index (χ4n) is 2.65. The Morgan fingerprint density at radius 1 is 1.50 bits per heavy atom. The summed E-state index contributed by atoms with van der Waals surface area (Å²) < 4.78 is 0. The molecule has 1 unspecified atom stereocenters. The lowest BCUT2D eigenvalue weighted by Gasteiger charge is -2.22. The van der Waals surface area contributed by atoms with Gasteiger partial charge >= 0.3 is 0 Å². The quantitative estimate of drug-likeness (QED) is 0.834. The van der Waals surface area contributed by atoms with Gasteiger partial charge in [-0.15, -0.1) is 0 Å². The molecular weight excluding hydrogens is 274 g/mol. The van der Waals surface area contributed by atoms with Crippen molar-refractivity contribution in [2.45, 2.75) is 25.3 Å². The predicted molar refractivity (Wildman–Crippen MR) is 81.8 cm³/mol. The van der Waals surface area contributed by atoms with Crippen molar-refractivity contribution in [1.29, 1.82) is 0 Å². The van der Waals surface area contributed by atoms with Crippen molar-refractivity contribution in [1.82, 2.24) is 10.2 Å². The highest BCUT2D eigenvalue weighted by atomic mass is 35.5. The molecule has 1 aromatic rings. The number of likely N-dealkylation sites (tertiary alicyclic amines) is 1. The van der Waals surface area contributed by atoms with Gasteiger partial charge in [-0.1, -0.05) is 23.7 Å². The van der Waals surface area contributed by atoms with Gasteiger partial charge in [0.2, 0.25) is 5.91 Å². The summed E-state index contributed by atoms with van der Waals surface area (Å²) in [5.74, 6) is 0.0763. The van der Waals surface area contributed by atoms with E-state index in [-0.39, 0.29) is 5.91 Å². The van der Waals surface area contributed by atoms with Crippen molar-refractivity contribution in [2.24, 2.45) is 5.73 Å². The molecule has 0 bridgehead atoms. The zero-order valence-corrected chi connectivity index (χ0v) is 12.4. The summed E-state index contributed by atoms with van der Waals surface area (Å²) in [6, 6.07) is 8.09. The van der Waals surface area contributed by atoms with Gasteiger partial charge in [-0.3, -0.25) is 9.69 Å². The molecule has 1 aliphatic heterocycles. The molecule has 1 saturated heterocycles. The van der Waals surface area contributed by atoms with Gasteiger partial charge < -0.3 is 11.1 Å². The lowest BCUT2D eigenvalue weighted by atomic mass is 10.1. The van der Waals surface area contributed by atoms with Crippen LogP contribution in [-0.2, 0) is 11.2 Å². The fourth-order valence-corrected chi connectivity index (χ4v) is 2.86. The van der Waals surface area contributed by atoms with Gasteiger partial charge in [-0.05, 0) is 43.5 Å². The average Bonchev–Trinajstić information content (AvgIpc) is 2.86. The molecule has 0 saturated carbocycles. The Labute approximate surface area is 125 Å². The Morgan fingerprint density at radius 3 is 3.10 bits per heavy atom. The molecule has 1 heterocycles. The zero-order chi connectivity index (χ0) is 14.4. The maximum Gasteiger partial charge on any atom is 0.234 e. The zero-order valence-electron chi connectivity index (χ0n) is 11.6. The maximum atomic E-state index is 11.9. The normalized spacial score (nSPS) is 19.2. The molecule has 0 radical (unpaired) electrons. The van der Waals surface area contributed by atoms with Gasteiger partial charge in [-0.2, -0.15) is 0 Å². The Bertz CT molecular complexity index is 452. The van der Waals surface area contributed by atoms with Crippen molar-refractivity contribution in [3.8, 4) is 0 Å². The van der Waals surface area contributed by atoms with Crippen LogP contribution in [0.2, 0.25) is 5.02 Å². The number of benzene rings is 1. The molecule has 1 aliphatic rings. The number of carbonyl (C=O) groups is 1. The monoisotopic (exact) mass is 295 g/mol. The number of halogens is 1. The number of amides is 1. The molecule has 3 N–H and O–H groups in total. The van der Waals surface area contributed by atoms with E-state index in [1.54, 1.807) is 0 Å². The van der Waals surface area contributed by atoms with Gasteiger partial charge in [0.25, 0.3) is 0 Å². The first kappa shape index (κ1) is 15.3. The third kappa shape index (κ3) is 4.47. The summed E-state index contributed by atoms with van der Waals surface area (Å²) in [7, 11) is 0. The van der Waals surface area contributed by atoms with E-state index < -0.39 is 0 Å². The molecule has 110 valence electrons. The number of nitrogens with zero attached hydrogens (tertiary/aromatic N) is 1. The van der Waals surface area contributed by atoms with Crippen LogP contribution in [0.4, 0.5) is 0 Å². The fraction of sp³-hybridized carbons (Fsp3) is 0.533. The minimum absolute atomic E-state index is 0.0763. The van der Waals surface area contributed by atoms with Crippen LogP contribution in [0.5, 0.6) is 0 Å². The van der Waals surface area contributed by atoms with E-state index in [0.717, 1.165) is 36.4 Å². The number of rotatable bonds is 6. The highest BCUT2D eigenvalue weighted by molar-refractivity contribution is 6.30. The van der Waals surface area contributed by atoms with Crippen LogP contribution in [0.3, 0.4) is 0 Å². The van der Waals surface area contributed by atoms with Gasteiger partial charge in [0.05, 0.1) is 6.54 Å². The molecule has 20 heavy (non-hydrogen) atoms. The average molecular weight is 296 g/mol. The number of hydrogen-bond acceptors (Lipinski definition) is 3. The van der Waals surface area contributed by atoms with E-state index in [2.05, 4.69) is 10.2 Å². The molecule has 4 nitrogen and oxygen atoms in total. The first-order chi connectivity index (χ1) is 9.69. The number of nitrogens with two attached hydrogens (primary N) is 1. The number of hydrogen-bond donors (Lipinski definition) is 2. The van der Waals surface area contributed by atoms with E-state index in [1.807, 2.05) is 24.3 Å². The lowest BCUT2D eigenvalue weighted by molar-refractivity contribution is -0.122. The highest BCUT2D eigenvalue weighted by Crippen LogP contribution is 2.15. The van der Waals surface area contributed by atoms with Crippen molar-refractivity contribution in [3.63, 3.8) is 0 Å². The van der Waals surface area contributed by atoms with Crippen molar-refractivity contribution in [2.75, 3.05) is 26.2 Å². The lowest BCUT2D eigenvalue weighted by Crippen LogP contribution is -2.42. The van der Waals surface area contributed by atoms with Crippen molar-refractivity contribution < 1.29 is 4.79 Å². The molecule has 0 aliphatic carbocycles. The summed E-state index contributed by atoms with van der Waals surface area (Å²) in [4.78, 5) is 14.1. The Balaban J connectivity index is 1.70. The van der Waals surface area contributed by atoms with E-state index >= 15 is 0 Å². The van der Waals surface area contributed by atoms with Gasteiger partial charge in [0.15, 0.2) is 0 Å². The predicted octanol–water partition coefficient (Wildman–Crippen LogP) is 1.42. The summed E-state index contributed by atoms with van der Waals surface area (Å²) in [5, 5.41) is 3.69. The smallest absolute Gasteiger partial charge is 0.234 e. The van der Waals surface area contributed by atoms with Gasteiger partial charge in [-0.25, -0.2) is 0 Å². The molecule has 2 rings (SSSR count). The number of carbonyl (C=O) groups excluding carboxylic acids is 1. The summed E-state index contributed by atoms with van der Waals surface area (Å²) >= 11 is 5.93. The Kier molecular flexibility index (Phi) is 5.83. The molecular formula is C15H22ClN3O. The summed E-state index contributed by atoms with van der Waals surface area (Å²) in [6.07, 6.45) is 3.04. The molecule has 1 amide bonds. The highest BCUT2D eigenvalue weighted by Gasteiger charge is 2.24. The van der Waals surface area contributed by atoms with Crippen LogP contribution in [0.1, 0.15) is 18.4 Å². The van der Waals surface area contributed by atoms with E-state index in [4.69, 9.17) is 17.3 Å². The minimum Gasteiger partial charge on any atom is -0.355 e. The molecule has 1 atom stereocenters. The SMILES string of the molecule is NCC1CCCN1CC(=O)NCCc1cccc(Cl)c1. The van der Waals surface area contributed by atoms with Crippen molar-refractivity contribution >= 4 is 17.5 Å². The second-order valence-corrected chi connectivity index (χ2v) is 5.67. The number of nitrogens with one attached hydrogen (secondary N) is 1. The van der Waals surface area contributed by atoms with E-state index in [1.165, 1.54) is 0 Å². The van der Waals surface area contributed by atoms with Crippen LogP contribution in [0, 0.1) is 0 Å². The third-order valence-electron chi connectivity index (χ3n) is 3.74. The summed E-state index contributed by atoms with van der Waals surface area (Å²) in [6.45, 7) is 2.71. The second-order valence-electron chi connectivity index (χ2n) is 5.23. The molecule has 5 heteroatoms. The molecule has 0 spiro atoms. The first-order valence-corrected chi connectivity index (χ1v) is 7.52. The van der Waals surface area contributed by atoms with E-state index in [9.17, 15) is 4.79 Å². The van der Waals surface area contributed by atoms with E-state index in [0.29, 0.717) is 25.7 Å². The third-order valence-corrected chi connectivity index (χ3v) is 3.98. The molecule has 0 aromatic heterocycles. The van der Waals surface area contributed by atoms with Gasteiger partial charge in [0, 0.05) is 24.2 Å². The van der Waals surface area contributed by atoms with Crippen molar-refractivity contribution in [3.05, 3.63) is 34.9 Å². The first-order valence-electron chi connectivity index (χ1n) is 7.14. The van der Waals surface area contributed by atoms with Crippen LogP contribution < -0.4 is 11.1 Å². The van der Waals surface area contributed by atoms with Crippen LogP contribution >= 0.6 is 11.6 Å². The summed E-state index contributed by atoms with van der Waals surface area (Å²) in [5.41, 5.74) is 6.84. The van der Waals surface area contributed by atoms with Crippen LogP contribution in [-0.4, -0.2) is 43.0 Å². The standard InChI is InChI=1S/C15H22ClN3O/c16-13-4-1-3-12(9-13)6-7-18-15(20)11-19-8-2-5-14(19)10-17/h1,3-4,9,14H,2,5-8,10-11,17H2,(H,18,20). The Morgan fingerprint density at radius 2 is 2.35 bits per heavy atom. The van der Waals surface area contributed by atoms with Gasteiger partial charge in [0.1, 0.15) is 0 Å². The Hall–Kier alpha value is -1.10.